The summed E-state index contributed by atoms with van der Waals surface area (Å²) in [5.74, 6) is -0.125. The van der Waals surface area contributed by atoms with Crippen LogP contribution in [0.15, 0.2) is 24.3 Å². The number of methoxy groups -OCH3 is 1. The maximum absolute atomic E-state index is 13.8. The molecule has 3 heterocycles. The van der Waals surface area contributed by atoms with Gasteiger partial charge in [-0.05, 0) is 54.7 Å². The van der Waals surface area contributed by atoms with Crippen LogP contribution >= 0.6 is 0 Å². The van der Waals surface area contributed by atoms with E-state index in [1.807, 2.05) is 18.2 Å². The molecule has 1 saturated carbocycles. The van der Waals surface area contributed by atoms with Crippen molar-refractivity contribution in [1.29, 1.82) is 0 Å². The van der Waals surface area contributed by atoms with E-state index in [1.165, 1.54) is 0 Å². The number of aromatic amines is 1. The molecular weight excluding hydrogens is 472 g/mol. The highest BCUT2D eigenvalue weighted by molar-refractivity contribution is 6.02. The Labute approximate surface area is 216 Å². The van der Waals surface area contributed by atoms with Crippen molar-refractivity contribution >= 4 is 34.4 Å². The molecule has 3 aliphatic rings. The van der Waals surface area contributed by atoms with Gasteiger partial charge in [-0.3, -0.25) is 19.2 Å². The van der Waals surface area contributed by atoms with Gasteiger partial charge in [0.15, 0.2) is 5.78 Å². The molecule has 37 heavy (non-hydrogen) atoms. The van der Waals surface area contributed by atoms with Gasteiger partial charge in [-0.2, -0.15) is 0 Å². The number of amides is 3. The zero-order chi connectivity index (χ0) is 26.5. The molecule has 2 saturated heterocycles. The Morgan fingerprint density at radius 3 is 2.76 bits per heavy atom. The number of piperidine rings is 2. The molecule has 1 aromatic carbocycles. The molecule has 9 heteroatoms. The quantitative estimate of drug-likeness (QED) is 0.506. The van der Waals surface area contributed by atoms with Gasteiger partial charge >= 0.3 is 0 Å². The number of ketones is 1. The number of carbonyl (C=O) groups excluding carboxylic acids is 4. The highest BCUT2D eigenvalue weighted by Gasteiger charge is 2.69. The molecule has 3 amide bonds. The van der Waals surface area contributed by atoms with Crippen LogP contribution in [-0.4, -0.2) is 65.7 Å². The van der Waals surface area contributed by atoms with Gasteiger partial charge in [-0.15, -0.1) is 0 Å². The maximum atomic E-state index is 13.8. The first-order chi connectivity index (χ1) is 17.7. The van der Waals surface area contributed by atoms with E-state index < -0.39 is 12.1 Å². The molecule has 0 radical (unpaired) electrons. The number of rotatable bonds is 8. The first-order valence-electron chi connectivity index (χ1n) is 13.2. The van der Waals surface area contributed by atoms with E-state index in [-0.39, 0.29) is 59.5 Å². The third-order valence-electron chi connectivity index (χ3n) is 8.79. The van der Waals surface area contributed by atoms with Crippen molar-refractivity contribution in [2.45, 2.75) is 58.5 Å². The van der Waals surface area contributed by atoms with Gasteiger partial charge in [0.05, 0.1) is 13.2 Å². The van der Waals surface area contributed by atoms with E-state index in [9.17, 15) is 19.2 Å². The Morgan fingerprint density at radius 2 is 2.05 bits per heavy atom. The van der Waals surface area contributed by atoms with Crippen LogP contribution in [0.25, 0.3) is 10.9 Å². The Balaban J connectivity index is 1.39. The number of Topliss-reactive ketones (excluding diaryl/α,β-unsaturated/α-hetero) is 1. The fraction of sp³-hybridized carbons (Fsp3) is 0.571. The molecule has 2 aromatic rings. The lowest BCUT2D eigenvalue weighted by Crippen LogP contribution is -2.54. The summed E-state index contributed by atoms with van der Waals surface area (Å²) in [5, 5.41) is 6.62. The zero-order valence-electron chi connectivity index (χ0n) is 21.9. The topological polar surface area (TPSA) is 121 Å². The number of nitrogens with one attached hydrogen (secondary N) is 3. The van der Waals surface area contributed by atoms with Crippen molar-refractivity contribution in [3.63, 3.8) is 0 Å². The average molecular weight is 509 g/mol. The van der Waals surface area contributed by atoms with Crippen LogP contribution in [0.3, 0.4) is 0 Å². The molecule has 5 rings (SSSR count). The van der Waals surface area contributed by atoms with Crippen molar-refractivity contribution in [2.24, 2.45) is 23.2 Å². The van der Waals surface area contributed by atoms with Crippen LogP contribution < -0.4 is 15.4 Å². The Hall–Kier alpha value is -3.36. The van der Waals surface area contributed by atoms with Crippen LogP contribution in [0, 0.1) is 23.2 Å². The normalized spacial score (nSPS) is 26.8. The second-order valence-corrected chi connectivity index (χ2v) is 11.2. The van der Waals surface area contributed by atoms with Gasteiger partial charge in [0.25, 0.3) is 5.91 Å². The van der Waals surface area contributed by atoms with Gasteiger partial charge in [-0.25, -0.2) is 0 Å². The number of hydrogen-bond acceptors (Lipinski definition) is 5. The number of fused-ring (bicyclic) bond motifs is 2. The summed E-state index contributed by atoms with van der Waals surface area (Å²) in [6.45, 7) is 7.14. The van der Waals surface area contributed by atoms with E-state index in [1.54, 1.807) is 25.0 Å². The minimum atomic E-state index is -0.749. The van der Waals surface area contributed by atoms with E-state index in [0.717, 1.165) is 17.3 Å². The van der Waals surface area contributed by atoms with Gasteiger partial charge in [-0.1, -0.05) is 26.8 Å². The Kier molecular flexibility index (Phi) is 6.50. The average Bonchev–Trinajstić information content (AvgIpc) is 3.27. The molecule has 198 valence electrons. The summed E-state index contributed by atoms with van der Waals surface area (Å²) in [5.41, 5.74) is 1.12. The zero-order valence-corrected chi connectivity index (χ0v) is 21.9. The van der Waals surface area contributed by atoms with E-state index in [4.69, 9.17) is 4.74 Å². The summed E-state index contributed by atoms with van der Waals surface area (Å²) in [7, 11) is 1.59. The number of likely N-dealkylation sites (tertiary alicyclic amines) is 1. The third kappa shape index (κ3) is 4.38. The van der Waals surface area contributed by atoms with Gasteiger partial charge in [0.1, 0.15) is 17.5 Å². The summed E-state index contributed by atoms with van der Waals surface area (Å²) in [6, 6.07) is 5.92. The lowest BCUT2D eigenvalue weighted by atomic mass is 9.89. The molecule has 5 unspecified atom stereocenters. The predicted molar refractivity (Wildman–Crippen MR) is 138 cm³/mol. The standard InChI is InChI=1S/C28H36N4O5/c1-5-21(33)19(12-15-8-7-11-29-25(15)34)31-26(35)24-23-17(28(23,2)3)14-32(24)27(36)20-13-16-18(30-20)9-6-10-22(16)37-4/h6,9-10,13,15,17,19,23-24,30H,5,7-8,11-12,14H2,1-4H3,(H,29,34)(H,31,35). The molecule has 2 aliphatic heterocycles. The lowest BCUT2D eigenvalue weighted by Gasteiger charge is -2.32. The number of benzene rings is 1. The van der Waals surface area contributed by atoms with Gasteiger partial charge in [0, 0.05) is 36.3 Å². The van der Waals surface area contributed by atoms with Crippen molar-refractivity contribution in [3.8, 4) is 5.75 Å². The predicted octanol–water partition coefficient (Wildman–Crippen LogP) is 2.65. The lowest BCUT2D eigenvalue weighted by molar-refractivity contribution is -0.133. The van der Waals surface area contributed by atoms with Gasteiger partial charge < -0.3 is 25.3 Å². The minimum absolute atomic E-state index is 0.0192. The fourth-order valence-corrected chi connectivity index (χ4v) is 6.49. The van der Waals surface area contributed by atoms with Crippen LogP contribution in [0.4, 0.5) is 0 Å². The van der Waals surface area contributed by atoms with Crippen LogP contribution in [0.2, 0.25) is 0 Å². The SMILES string of the molecule is CCC(=O)C(CC1CCCNC1=O)NC(=O)C1C2C(CN1C(=O)c1cc3c(OC)cccc3[nH]1)C2(C)C. The number of ether oxygens (including phenoxy) is 1. The smallest absolute Gasteiger partial charge is 0.271 e. The summed E-state index contributed by atoms with van der Waals surface area (Å²) in [4.78, 5) is 57.4. The number of nitrogens with zero attached hydrogens (tertiary/aromatic N) is 1. The number of aromatic nitrogens is 1. The van der Waals surface area contributed by atoms with E-state index in [0.29, 0.717) is 31.0 Å². The summed E-state index contributed by atoms with van der Waals surface area (Å²) < 4.78 is 5.43. The van der Waals surface area contributed by atoms with Gasteiger partial charge in [0.2, 0.25) is 11.8 Å². The maximum Gasteiger partial charge on any atom is 0.271 e. The summed E-state index contributed by atoms with van der Waals surface area (Å²) >= 11 is 0. The van der Waals surface area contributed by atoms with Crippen molar-refractivity contribution in [3.05, 3.63) is 30.0 Å². The van der Waals surface area contributed by atoms with Crippen LogP contribution in [0.1, 0.15) is 56.9 Å². The first-order valence-corrected chi connectivity index (χ1v) is 13.2. The Bertz CT molecular complexity index is 1250. The van der Waals surface area contributed by atoms with Crippen LogP contribution in [0.5, 0.6) is 5.75 Å². The molecule has 1 aliphatic carbocycles. The largest absolute Gasteiger partial charge is 0.496 e. The first kappa shape index (κ1) is 25.3. The van der Waals surface area contributed by atoms with Crippen molar-refractivity contribution in [1.82, 2.24) is 20.5 Å². The second-order valence-electron chi connectivity index (χ2n) is 11.2. The minimum Gasteiger partial charge on any atom is -0.496 e. The Morgan fingerprint density at radius 1 is 1.27 bits per heavy atom. The van der Waals surface area contributed by atoms with E-state index >= 15 is 0 Å². The monoisotopic (exact) mass is 508 g/mol. The molecule has 1 aromatic heterocycles. The third-order valence-corrected chi connectivity index (χ3v) is 8.79. The molecular formula is C28H36N4O5. The second kappa shape index (κ2) is 9.50. The number of carbonyl (C=O) groups is 4. The molecule has 0 bridgehead atoms. The molecule has 3 N–H and O–H groups in total. The van der Waals surface area contributed by atoms with E-state index in [2.05, 4.69) is 29.5 Å². The highest BCUT2D eigenvalue weighted by Crippen LogP contribution is 2.65. The molecule has 5 atom stereocenters. The number of H-pyrrole nitrogens is 1. The molecule has 3 fully saturated rings. The van der Waals surface area contributed by atoms with Crippen LogP contribution in [-0.2, 0) is 14.4 Å². The fourth-order valence-electron chi connectivity index (χ4n) is 6.49. The number of hydrogen-bond donors (Lipinski definition) is 3. The molecule has 9 nitrogen and oxygen atoms in total. The highest BCUT2D eigenvalue weighted by atomic mass is 16.5. The van der Waals surface area contributed by atoms with Crippen molar-refractivity contribution in [2.75, 3.05) is 20.2 Å². The molecule has 0 spiro atoms. The summed E-state index contributed by atoms with van der Waals surface area (Å²) in [6.07, 6.45) is 2.10. The van der Waals surface area contributed by atoms with Crippen molar-refractivity contribution < 1.29 is 23.9 Å².